The molecular weight excluding hydrogens is 285 g/mol. The van der Waals surface area contributed by atoms with Crippen molar-refractivity contribution < 1.29 is 8.60 Å². The molecule has 1 aliphatic carbocycles. The lowest BCUT2D eigenvalue weighted by Gasteiger charge is -2.37. The minimum absolute atomic E-state index is 0.00278. The second kappa shape index (κ2) is 7.50. The maximum Gasteiger partial charge on any atom is 0.139 e. The van der Waals surface area contributed by atoms with Crippen LogP contribution in [0, 0.1) is 17.7 Å². The van der Waals surface area contributed by atoms with E-state index in [1.54, 1.807) is 18.2 Å². The molecule has 0 saturated heterocycles. The molecule has 118 valence electrons. The van der Waals surface area contributed by atoms with E-state index in [0.717, 1.165) is 19.4 Å². The lowest BCUT2D eigenvalue weighted by Crippen LogP contribution is -2.47. The van der Waals surface area contributed by atoms with Gasteiger partial charge in [-0.1, -0.05) is 32.9 Å². The van der Waals surface area contributed by atoms with Gasteiger partial charge in [0.25, 0.3) is 0 Å². The van der Waals surface area contributed by atoms with Crippen LogP contribution in [0.5, 0.6) is 0 Å². The van der Waals surface area contributed by atoms with Crippen LogP contribution in [0.4, 0.5) is 4.39 Å². The summed E-state index contributed by atoms with van der Waals surface area (Å²) < 4.78 is 26.9. The molecule has 4 atom stereocenters. The zero-order valence-corrected chi connectivity index (χ0v) is 14.0. The molecule has 0 radical (unpaired) electrons. The lowest BCUT2D eigenvalue weighted by atomic mass is 9.79. The van der Waals surface area contributed by atoms with Gasteiger partial charge in [0.2, 0.25) is 0 Å². The summed E-state index contributed by atoms with van der Waals surface area (Å²) in [7, 11) is -1.29. The molecule has 4 heteroatoms. The standard InChI is InChI=1S/C17H26FNOS/c1-4-19-15-10-9-13(12(2)3)11-17(15)21(20)16-8-6-5-7-14(16)18/h5-8,12-13,15,17,19H,4,9-11H2,1-3H3. The smallest absolute Gasteiger partial charge is 0.139 e. The second-order valence-corrected chi connectivity index (χ2v) is 7.89. The Morgan fingerprint density at radius 1 is 1.33 bits per heavy atom. The molecule has 2 nitrogen and oxygen atoms in total. The molecule has 4 unspecified atom stereocenters. The normalized spacial score (nSPS) is 27.8. The largest absolute Gasteiger partial charge is 0.313 e. The zero-order valence-electron chi connectivity index (χ0n) is 13.1. The van der Waals surface area contributed by atoms with Crippen LogP contribution < -0.4 is 5.32 Å². The van der Waals surface area contributed by atoms with E-state index in [1.807, 2.05) is 0 Å². The van der Waals surface area contributed by atoms with Crippen LogP contribution in [0.25, 0.3) is 0 Å². The Kier molecular flexibility index (Phi) is 5.94. The SMILES string of the molecule is CCNC1CCC(C(C)C)CC1S(=O)c1ccccc1F. The number of hydrogen-bond donors (Lipinski definition) is 1. The van der Waals surface area contributed by atoms with Gasteiger partial charge in [-0.05, 0) is 49.8 Å². The topological polar surface area (TPSA) is 29.1 Å². The van der Waals surface area contributed by atoms with E-state index >= 15 is 0 Å². The van der Waals surface area contributed by atoms with E-state index in [0.29, 0.717) is 16.7 Å². The van der Waals surface area contributed by atoms with E-state index in [2.05, 4.69) is 26.1 Å². The predicted octanol–water partition coefficient (Wildman–Crippen LogP) is 3.74. The van der Waals surface area contributed by atoms with Crippen LogP contribution in [-0.4, -0.2) is 22.0 Å². The van der Waals surface area contributed by atoms with Crippen LogP contribution in [-0.2, 0) is 10.8 Å². The number of halogens is 1. The quantitative estimate of drug-likeness (QED) is 0.897. The van der Waals surface area contributed by atoms with Crippen molar-refractivity contribution >= 4 is 10.8 Å². The Hall–Kier alpha value is -0.740. The first-order chi connectivity index (χ1) is 10.0. The van der Waals surface area contributed by atoms with Gasteiger partial charge in [0, 0.05) is 6.04 Å². The molecule has 1 N–H and O–H groups in total. The third kappa shape index (κ3) is 3.92. The minimum atomic E-state index is -1.29. The van der Waals surface area contributed by atoms with Gasteiger partial charge >= 0.3 is 0 Å². The van der Waals surface area contributed by atoms with Gasteiger partial charge in [0.15, 0.2) is 0 Å². The maximum absolute atomic E-state index is 14.0. The molecule has 1 aromatic rings. The molecule has 1 aliphatic rings. The molecule has 2 rings (SSSR count). The molecule has 1 aromatic carbocycles. The zero-order chi connectivity index (χ0) is 15.4. The van der Waals surface area contributed by atoms with Crippen LogP contribution in [0.15, 0.2) is 29.2 Å². The summed E-state index contributed by atoms with van der Waals surface area (Å²) in [5.41, 5.74) is 0. The molecule has 0 spiro atoms. The predicted molar refractivity (Wildman–Crippen MR) is 86.2 cm³/mol. The number of nitrogens with one attached hydrogen (secondary N) is 1. The van der Waals surface area contributed by atoms with Gasteiger partial charge in [0.05, 0.1) is 20.9 Å². The minimum Gasteiger partial charge on any atom is -0.313 e. The van der Waals surface area contributed by atoms with E-state index < -0.39 is 10.8 Å². The first kappa shape index (κ1) is 16.6. The first-order valence-corrected chi connectivity index (χ1v) is 9.14. The summed E-state index contributed by atoms with van der Waals surface area (Å²) in [5.74, 6) is 0.825. The van der Waals surface area contributed by atoms with Gasteiger partial charge in [0.1, 0.15) is 5.82 Å². The molecule has 0 amide bonds. The Bertz CT molecular complexity index is 491. The molecule has 0 heterocycles. The highest BCUT2D eigenvalue weighted by Crippen LogP contribution is 2.34. The van der Waals surface area contributed by atoms with Gasteiger partial charge in [-0.3, -0.25) is 4.21 Å². The molecular formula is C17H26FNOS. The van der Waals surface area contributed by atoms with Crippen LogP contribution >= 0.6 is 0 Å². The summed E-state index contributed by atoms with van der Waals surface area (Å²) in [6.45, 7) is 7.38. The highest BCUT2D eigenvalue weighted by Gasteiger charge is 2.36. The van der Waals surface area contributed by atoms with Crippen molar-refractivity contribution in [2.75, 3.05) is 6.54 Å². The van der Waals surface area contributed by atoms with Crippen LogP contribution in [0.3, 0.4) is 0 Å². The van der Waals surface area contributed by atoms with E-state index in [-0.39, 0.29) is 17.1 Å². The number of rotatable bonds is 5. The highest BCUT2D eigenvalue weighted by molar-refractivity contribution is 7.85. The molecule has 0 aliphatic heterocycles. The summed E-state index contributed by atoms with van der Waals surface area (Å²) in [4.78, 5) is 0.356. The fourth-order valence-electron chi connectivity index (χ4n) is 3.27. The third-order valence-corrected chi connectivity index (χ3v) is 6.41. The van der Waals surface area contributed by atoms with Crippen molar-refractivity contribution in [2.24, 2.45) is 11.8 Å². The highest BCUT2D eigenvalue weighted by atomic mass is 32.2. The fourth-order valence-corrected chi connectivity index (χ4v) is 5.02. The summed E-state index contributed by atoms with van der Waals surface area (Å²) >= 11 is 0. The molecule has 21 heavy (non-hydrogen) atoms. The lowest BCUT2D eigenvalue weighted by molar-refractivity contribution is 0.245. The molecule has 1 fully saturated rings. The molecule has 1 saturated carbocycles. The second-order valence-electron chi connectivity index (χ2n) is 6.25. The Labute approximate surface area is 130 Å². The van der Waals surface area contributed by atoms with Crippen molar-refractivity contribution in [1.29, 1.82) is 0 Å². The first-order valence-electron chi connectivity index (χ1n) is 7.93. The van der Waals surface area contributed by atoms with Crippen molar-refractivity contribution in [3.05, 3.63) is 30.1 Å². The average Bonchev–Trinajstić information content (AvgIpc) is 2.47. The Morgan fingerprint density at radius 3 is 2.67 bits per heavy atom. The molecule has 0 bridgehead atoms. The summed E-state index contributed by atoms with van der Waals surface area (Å²) in [6, 6.07) is 6.70. The summed E-state index contributed by atoms with van der Waals surface area (Å²) in [5, 5.41) is 3.45. The van der Waals surface area contributed by atoms with E-state index in [9.17, 15) is 8.60 Å². The Balaban J connectivity index is 2.22. The number of hydrogen-bond acceptors (Lipinski definition) is 2. The fraction of sp³-hybridized carbons (Fsp3) is 0.647. The van der Waals surface area contributed by atoms with E-state index in [4.69, 9.17) is 0 Å². The number of benzene rings is 1. The van der Waals surface area contributed by atoms with Crippen molar-refractivity contribution in [3.8, 4) is 0 Å². The van der Waals surface area contributed by atoms with Crippen LogP contribution in [0.2, 0.25) is 0 Å². The van der Waals surface area contributed by atoms with Crippen molar-refractivity contribution in [2.45, 2.75) is 56.2 Å². The maximum atomic E-state index is 14.0. The van der Waals surface area contributed by atoms with Crippen LogP contribution in [0.1, 0.15) is 40.0 Å². The van der Waals surface area contributed by atoms with Gasteiger partial charge in [-0.15, -0.1) is 0 Å². The van der Waals surface area contributed by atoms with Crippen molar-refractivity contribution in [3.63, 3.8) is 0 Å². The van der Waals surface area contributed by atoms with Gasteiger partial charge in [-0.2, -0.15) is 0 Å². The van der Waals surface area contributed by atoms with Crippen molar-refractivity contribution in [1.82, 2.24) is 5.32 Å². The van der Waals surface area contributed by atoms with E-state index in [1.165, 1.54) is 12.5 Å². The third-order valence-electron chi connectivity index (χ3n) is 4.57. The summed E-state index contributed by atoms with van der Waals surface area (Å²) in [6.07, 6.45) is 3.11. The average molecular weight is 311 g/mol. The van der Waals surface area contributed by atoms with Gasteiger partial charge in [-0.25, -0.2) is 4.39 Å². The Morgan fingerprint density at radius 2 is 2.05 bits per heavy atom. The molecule has 0 aromatic heterocycles. The monoisotopic (exact) mass is 311 g/mol. The van der Waals surface area contributed by atoms with Gasteiger partial charge < -0.3 is 5.32 Å².